The van der Waals surface area contributed by atoms with Gasteiger partial charge in [0.15, 0.2) is 17.3 Å². The van der Waals surface area contributed by atoms with Crippen LogP contribution in [0.4, 0.5) is 0 Å². The minimum atomic E-state index is -0.240. The van der Waals surface area contributed by atoms with Crippen molar-refractivity contribution in [3.63, 3.8) is 0 Å². The van der Waals surface area contributed by atoms with Gasteiger partial charge in [0.05, 0.1) is 27.9 Å². The zero-order valence-corrected chi connectivity index (χ0v) is 18.0. The van der Waals surface area contributed by atoms with Gasteiger partial charge < -0.3 is 23.6 Å². The van der Waals surface area contributed by atoms with E-state index in [0.29, 0.717) is 18.0 Å². The largest absolute Gasteiger partial charge is 0.493 e. The molecule has 31 heavy (non-hydrogen) atoms. The van der Waals surface area contributed by atoms with E-state index in [4.69, 9.17) is 18.7 Å². The average Bonchev–Trinajstić information content (AvgIpc) is 3.28. The highest BCUT2D eigenvalue weighted by Gasteiger charge is 2.35. The Bertz CT molecular complexity index is 1050. The summed E-state index contributed by atoms with van der Waals surface area (Å²) in [7, 11) is 4.67. The fourth-order valence-electron chi connectivity index (χ4n) is 4.25. The van der Waals surface area contributed by atoms with Crippen LogP contribution in [0.1, 0.15) is 29.3 Å². The summed E-state index contributed by atoms with van der Waals surface area (Å²) in [5.74, 6) is 1.86. The van der Waals surface area contributed by atoms with Crippen molar-refractivity contribution in [3.05, 3.63) is 65.4 Å². The molecule has 0 fully saturated rings. The van der Waals surface area contributed by atoms with Gasteiger partial charge in [-0.3, -0.25) is 4.79 Å². The summed E-state index contributed by atoms with van der Waals surface area (Å²) >= 11 is 0. The number of hydrogen-bond acceptors (Lipinski definition) is 6. The first kappa shape index (κ1) is 20.9. The molecule has 1 aromatic heterocycles. The number of ether oxygens (including phenoxy) is 3. The fourth-order valence-corrected chi connectivity index (χ4v) is 4.25. The van der Waals surface area contributed by atoms with E-state index in [-0.39, 0.29) is 18.4 Å². The lowest BCUT2D eigenvalue weighted by atomic mass is 9.90. The first-order valence-corrected chi connectivity index (χ1v) is 10.3. The molecule has 2 atom stereocenters. The summed E-state index contributed by atoms with van der Waals surface area (Å²) in [6, 6.07) is 15.8. The highest BCUT2D eigenvalue weighted by Crippen LogP contribution is 2.35. The Morgan fingerprint density at radius 1 is 1.10 bits per heavy atom. The lowest BCUT2D eigenvalue weighted by molar-refractivity contribution is -0.947. The third-order valence-corrected chi connectivity index (χ3v) is 5.85. The second-order valence-corrected chi connectivity index (χ2v) is 7.62. The van der Waals surface area contributed by atoms with Crippen molar-refractivity contribution in [2.75, 3.05) is 27.9 Å². The third-order valence-electron chi connectivity index (χ3n) is 5.85. The summed E-state index contributed by atoms with van der Waals surface area (Å²) in [5.41, 5.74) is 4.09. The predicted octanol–water partition coefficient (Wildman–Crippen LogP) is 2.60. The molecule has 7 heteroatoms. The topological polar surface area (TPSA) is 75.2 Å². The molecule has 3 aromatic rings. The van der Waals surface area contributed by atoms with Gasteiger partial charge in [-0.1, -0.05) is 35.5 Å². The van der Waals surface area contributed by atoms with E-state index in [0.717, 1.165) is 35.5 Å². The van der Waals surface area contributed by atoms with Crippen LogP contribution in [0.25, 0.3) is 11.3 Å². The minimum Gasteiger partial charge on any atom is -0.493 e. The zero-order valence-electron chi connectivity index (χ0n) is 18.0. The van der Waals surface area contributed by atoms with Crippen LogP contribution >= 0.6 is 0 Å². The van der Waals surface area contributed by atoms with Crippen LogP contribution in [-0.4, -0.2) is 39.0 Å². The normalized spacial score (nSPS) is 17.6. The van der Waals surface area contributed by atoms with E-state index in [2.05, 4.69) is 5.16 Å². The van der Waals surface area contributed by atoms with E-state index < -0.39 is 0 Å². The lowest BCUT2D eigenvalue weighted by Crippen LogP contribution is -3.12. The SMILES string of the molecule is COC(=O)C[C@H]1c2cc(OC)c(OC)cc2CC[NH+]1Cc1cc(-c2ccccc2)on1. The number of nitrogens with one attached hydrogen (secondary N) is 1. The molecule has 0 bridgehead atoms. The van der Waals surface area contributed by atoms with Gasteiger partial charge in [0.25, 0.3) is 0 Å². The van der Waals surface area contributed by atoms with Crippen molar-refractivity contribution in [3.8, 4) is 22.8 Å². The van der Waals surface area contributed by atoms with Crippen LogP contribution in [0, 0.1) is 0 Å². The Kier molecular flexibility index (Phi) is 6.23. The van der Waals surface area contributed by atoms with Gasteiger partial charge in [0.2, 0.25) is 0 Å². The third kappa shape index (κ3) is 4.41. The van der Waals surface area contributed by atoms with Crippen LogP contribution in [0.3, 0.4) is 0 Å². The summed E-state index contributed by atoms with van der Waals surface area (Å²) < 4.78 is 21.5. The molecule has 0 aliphatic carbocycles. The summed E-state index contributed by atoms with van der Waals surface area (Å²) in [6.45, 7) is 1.50. The highest BCUT2D eigenvalue weighted by molar-refractivity contribution is 5.70. The lowest BCUT2D eigenvalue weighted by Gasteiger charge is -2.34. The molecule has 1 N–H and O–H groups in total. The number of benzene rings is 2. The van der Waals surface area contributed by atoms with Crippen LogP contribution in [0.15, 0.2) is 53.1 Å². The molecule has 0 saturated carbocycles. The molecule has 0 radical (unpaired) electrons. The van der Waals surface area contributed by atoms with Gasteiger partial charge in [0, 0.05) is 23.6 Å². The predicted molar refractivity (Wildman–Crippen MR) is 114 cm³/mol. The second-order valence-electron chi connectivity index (χ2n) is 7.62. The molecule has 4 rings (SSSR count). The standard InChI is InChI=1S/C24H26N2O5/c1-28-22-11-17-9-10-26(20(14-24(27)30-3)19(17)13-23(22)29-2)15-18-12-21(31-25-18)16-7-5-4-6-8-16/h4-8,11-13,20H,9-10,14-15H2,1-3H3/p+1/t20-/m0/s1. The van der Waals surface area contributed by atoms with Gasteiger partial charge in [-0.2, -0.15) is 0 Å². The van der Waals surface area contributed by atoms with E-state index in [1.165, 1.54) is 17.6 Å². The van der Waals surface area contributed by atoms with Gasteiger partial charge >= 0.3 is 5.97 Å². The van der Waals surface area contributed by atoms with E-state index in [9.17, 15) is 4.79 Å². The van der Waals surface area contributed by atoms with Crippen molar-refractivity contribution < 1.29 is 28.4 Å². The first-order chi connectivity index (χ1) is 15.1. The zero-order chi connectivity index (χ0) is 21.8. The minimum absolute atomic E-state index is 0.0760. The molecular formula is C24H27N2O5+. The fraction of sp³-hybridized carbons (Fsp3) is 0.333. The van der Waals surface area contributed by atoms with Crippen molar-refractivity contribution in [2.45, 2.75) is 25.4 Å². The number of carbonyl (C=O) groups excluding carboxylic acids is 1. The molecule has 0 amide bonds. The number of esters is 1. The van der Waals surface area contributed by atoms with Crippen LogP contribution in [0.5, 0.6) is 11.5 Å². The molecule has 2 heterocycles. The maximum absolute atomic E-state index is 12.2. The molecular weight excluding hydrogens is 396 g/mol. The summed E-state index contributed by atoms with van der Waals surface area (Å²) in [6.07, 6.45) is 1.14. The van der Waals surface area contributed by atoms with Crippen molar-refractivity contribution >= 4 is 5.97 Å². The number of fused-ring (bicyclic) bond motifs is 1. The maximum atomic E-state index is 12.2. The number of rotatable bonds is 7. The Morgan fingerprint density at radius 2 is 1.84 bits per heavy atom. The molecule has 1 unspecified atom stereocenters. The smallest absolute Gasteiger partial charge is 0.311 e. The Morgan fingerprint density at radius 3 is 2.55 bits per heavy atom. The highest BCUT2D eigenvalue weighted by atomic mass is 16.5. The molecule has 1 aliphatic heterocycles. The number of quaternary nitrogens is 1. The number of methoxy groups -OCH3 is 3. The summed E-state index contributed by atoms with van der Waals surface area (Å²) in [4.78, 5) is 13.5. The number of hydrogen-bond donors (Lipinski definition) is 1. The Labute approximate surface area is 181 Å². The Hall–Kier alpha value is -3.32. The van der Waals surface area contributed by atoms with Gasteiger partial charge in [-0.05, 0) is 17.7 Å². The quantitative estimate of drug-likeness (QED) is 0.589. The van der Waals surface area contributed by atoms with Crippen molar-refractivity contribution in [1.82, 2.24) is 5.16 Å². The van der Waals surface area contributed by atoms with Crippen LogP contribution < -0.4 is 14.4 Å². The second kappa shape index (κ2) is 9.22. The van der Waals surface area contributed by atoms with Crippen molar-refractivity contribution in [2.24, 2.45) is 0 Å². The van der Waals surface area contributed by atoms with E-state index in [1.807, 2.05) is 48.5 Å². The molecule has 7 nitrogen and oxygen atoms in total. The van der Waals surface area contributed by atoms with Crippen molar-refractivity contribution in [1.29, 1.82) is 0 Å². The van der Waals surface area contributed by atoms with Crippen LogP contribution in [0.2, 0.25) is 0 Å². The number of nitrogens with zero attached hydrogens (tertiary/aromatic N) is 1. The van der Waals surface area contributed by atoms with E-state index >= 15 is 0 Å². The average molecular weight is 423 g/mol. The first-order valence-electron chi connectivity index (χ1n) is 10.3. The van der Waals surface area contributed by atoms with Gasteiger partial charge in [0.1, 0.15) is 24.7 Å². The number of carbonyl (C=O) groups is 1. The number of aromatic nitrogens is 1. The maximum Gasteiger partial charge on any atom is 0.311 e. The molecule has 0 spiro atoms. The van der Waals surface area contributed by atoms with Crippen LogP contribution in [-0.2, 0) is 22.5 Å². The molecule has 2 aromatic carbocycles. The molecule has 1 aliphatic rings. The molecule has 0 saturated heterocycles. The van der Waals surface area contributed by atoms with Gasteiger partial charge in [-0.15, -0.1) is 0 Å². The van der Waals surface area contributed by atoms with E-state index in [1.54, 1.807) is 14.2 Å². The molecule has 162 valence electrons. The summed E-state index contributed by atoms with van der Waals surface area (Å²) in [5, 5.41) is 4.28. The monoisotopic (exact) mass is 423 g/mol. The Balaban J connectivity index is 1.63. The van der Waals surface area contributed by atoms with Gasteiger partial charge in [-0.25, -0.2) is 0 Å².